The minimum absolute atomic E-state index is 0.177. The van der Waals surface area contributed by atoms with Gasteiger partial charge in [-0.1, -0.05) is 11.2 Å². The SMILES string of the molecule is COc1ccc(-c2cnoc2N)cc1NC(C)=O. The molecule has 0 saturated carbocycles. The molecule has 0 aliphatic heterocycles. The van der Waals surface area contributed by atoms with Gasteiger partial charge >= 0.3 is 0 Å². The van der Waals surface area contributed by atoms with Crippen molar-refractivity contribution in [3.05, 3.63) is 24.4 Å². The number of hydrogen-bond acceptors (Lipinski definition) is 5. The first-order valence-corrected chi connectivity index (χ1v) is 5.28. The van der Waals surface area contributed by atoms with Gasteiger partial charge in [-0.05, 0) is 17.7 Å². The van der Waals surface area contributed by atoms with Gasteiger partial charge in [-0.2, -0.15) is 0 Å². The van der Waals surface area contributed by atoms with Crippen molar-refractivity contribution >= 4 is 17.5 Å². The molecule has 2 rings (SSSR count). The maximum atomic E-state index is 11.1. The summed E-state index contributed by atoms with van der Waals surface area (Å²) in [6, 6.07) is 5.31. The number of ether oxygens (including phenoxy) is 1. The molecule has 0 atom stereocenters. The molecule has 1 heterocycles. The molecule has 6 nitrogen and oxygen atoms in total. The molecule has 18 heavy (non-hydrogen) atoms. The molecule has 3 N–H and O–H groups in total. The Kier molecular flexibility index (Phi) is 3.18. The van der Waals surface area contributed by atoms with E-state index in [1.807, 2.05) is 6.07 Å². The predicted octanol–water partition coefficient (Wildman–Crippen LogP) is 1.89. The molecule has 1 aromatic carbocycles. The Hall–Kier alpha value is -2.50. The summed E-state index contributed by atoms with van der Waals surface area (Å²) in [7, 11) is 1.54. The fourth-order valence-electron chi connectivity index (χ4n) is 1.63. The normalized spacial score (nSPS) is 10.1. The smallest absolute Gasteiger partial charge is 0.229 e. The number of hydrogen-bond donors (Lipinski definition) is 2. The van der Waals surface area contributed by atoms with Crippen molar-refractivity contribution in [2.24, 2.45) is 0 Å². The lowest BCUT2D eigenvalue weighted by Crippen LogP contribution is -2.07. The number of benzene rings is 1. The van der Waals surface area contributed by atoms with Crippen LogP contribution in [0, 0.1) is 0 Å². The Morgan fingerprint density at radius 1 is 1.50 bits per heavy atom. The van der Waals surface area contributed by atoms with Gasteiger partial charge in [0.2, 0.25) is 11.8 Å². The monoisotopic (exact) mass is 247 g/mol. The Balaban J connectivity index is 2.45. The third-order valence-electron chi connectivity index (χ3n) is 2.42. The Labute approximate surface area is 104 Å². The Morgan fingerprint density at radius 3 is 2.83 bits per heavy atom. The molecule has 0 fully saturated rings. The lowest BCUT2D eigenvalue weighted by molar-refractivity contribution is -0.114. The fraction of sp³-hybridized carbons (Fsp3) is 0.167. The van der Waals surface area contributed by atoms with Crippen LogP contribution >= 0.6 is 0 Å². The van der Waals surface area contributed by atoms with Crippen molar-refractivity contribution < 1.29 is 14.1 Å². The molecule has 0 aliphatic rings. The number of carbonyl (C=O) groups excluding carboxylic acids is 1. The summed E-state index contributed by atoms with van der Waals surface area (Å²) in [4.78, 5) is 11.1. The van der Waals surface area contributed by atoms with Crippen LogP contribution < -0.4 is 15.8 Å². The number of rotatable bonds is 3. The van der Waals surface area contributed by atoms with E-state index in [0.29, 0.717) is 17.0 Å². The van der Waals surface area contributed by atoms with E-state index in [1.54, 1.807) is 12.1 Å². The van der Waals surface area contributed by atoms with Crippen molar-refractivity contribution in [3.63, 3.8) is 0 Å². The molecule has 2 aromatic rings. The van der Waals surface area contributed by atoms with Crippen molar-refractivity contribution in [3.8, 4) is 16.9 Å². The van der Waals surface area contributed by atoms with Crippen molar-refractivity contribution in [1.29, 1.82) is 0 Å². The number of methoxy groups -OCH3 is 1. The lowest BCUT2D eigenvalue weighted by atomic mass is 10.1. The molecular formula is C12H13N3O3. The molecule has 0 spiro atoms. The summed E-state index contributed by atoms with van der Waals surface area (Å²) in [5.41, 5.74) is 7.68. The number of nitrogens with two attached hydrogens (primary N) is 1. The minimum Gasteiger partial charge on any atom is -0.495 e. The van der Waals surface area contributed by atoms with Crippen molar-refractivity contribution in [1.82, 2.24) is 5.16 Å². The van der Waals surface area contributed by atoms with E-state index in [0.717, 1.165) is 5.56 Å². The molecule has 1 aromatic heterocycles. The molecule has 0 saturated heterocycles. The molecule has 0 unspecified atom stereocenters. The number of nitrogens with zero attached hydrogens (tertiary/aromatic N) is 1. The highest BCUT2D eigenvalue weighted by atomic mass is 16.5. The summed E-state index contributed by atoms with van der Waals surface area (Å²) in [6.45, 7) is 1.43. The summed E-state index contributed by atoms with van der Waals surface area (Å²) < 4.78 is 9.97. The van der Waals surface area contributed by atoms with Gasteiger partial charge in [0.15, 0.2) is 0 Å². The van der Waals surface area contributed by atoms with Crippen LogP contribution in [0.2, 0.25) is 0 Å². The third-order valence-corrected chi connectivity index (χ3v) is 2.42. The lowest BCUT2D eigenvalue weighted by Gasteiger charge is -2.10. The summed E-state index contributed by atoms with van der Waals surface area (Å²) >= 11 is 0. The van der Waals surface area contributed by atoms with Gasteiger partial charge in [-0.15, -0.1) is 0 Å². The number of nitrogens with one attached hydrogen (secondary N) is 1. The standard InChI is InChI=1S/C12H13N3O3/c1-7(16)15-10-5-8(3-4-11(10)17-2)9-6-14-18-12(9)13/h3-6H,13H2,1-2H3,(H,15,16). The van der Waals surface area contributed by atoms with Crippen LogP contribution in [-0.4, -0.2) is 18.2 Å². The van der Waals surface area contributed by atoms with E-state index in [1.165, 1.54) is 20.2 Å². The van der Waals surface area contributed by atoms with E-state index >= 15 is 0 Å². The fourth-order valence-corrected chi connectivity index (χ4v) is 1.63. The second kappa shape index (κ2) is 4.79. The minimum atomic E-state index is -0.177. The first kappa shape index (κ1) is 12.0. The maximum absolute atomic E-state index is 11.1. The van der Waals surface area contributed by atoms with Crippen molar-refractivity contribution in [2.75, 3.05) is 18.2 Å². The number of amides is 1. The third kappa shape index (κ3) is 2.27. The van der Waals surface area contributed by atoms with Gasteiger partial charge in [0.05, 0.1) is 24.6 Å². The van der Waals surface area contributed by atoms with Crippen molar-refractivity contribution in [2.45, 2.75) is 6.92 Å². The quantitative estimate of drug-likeness (QED) is 0.864. The zero-order chi connectivity index (χ0) is 13.1. The Bertz CT molecular complexity index is 578. The van der Waals surface area contributed by atoms with Crippen LogP contribution in [0.15, 0.2) is 28.9 Å². The summed E-state index contributed by atoms with van der Waals surface area (Å²) in [5, 5.41) is 6.30. The maximum Gasteiger partial charge on any atom is 0.229 e. The van der Waals surface area contributed by atoms with E-state index in [-0.39, 0.29) is 11.8 Å². The predicted molar refractivity (Wildman–Crippen MR) is 67.2 cm³/mol. The number of aromatic nitrogens is 1. The van der Waals surface area contributed by atoms with Gasteiger partial charge in [-0.25, -0.2) is 0 Å². The van der Waals surface area contributed by atoms with E-state index < -0.39 is 0 Å². The van der Waals surface area contributed by atoms with Crippen LogP contribution in [0.3, 0.4) is 0 Å². The van der Waals surface area contributed by atoms with E-state index in [4.69, 9.17) is 15.0 Å². The number of anilines is 2. The molecule has 0 aliphatic carbocycles. The van der Waals surface area contributed by atoms with Gasteiger partial charge in [0.1, 0.15) is 5.75 Å². The van der Waals surface area contributed by atoms with Gasteiger partial charge in [-0.3, -0.25) is 4.79 Å². The van der Waals surface area contributed by atoms with Crippen LogP contribution in [0.4, 0.5) is 11.6 Å². The number of nitrogen functional groups attached to an aromatic ring is 1. The topological polar surface area (TPSA) is 90.4 Å². The zero-order valence-electron chi connectivity index (χ0n) is 10.1. The molecule has 0 bridgehead atoms. The van der Waals surface area contributed by atoms with Crippen LogP contribution in [0.5, 0.6) is 5.75 Å². The van der Waals surface area contributed by atoms with Gasteiger partial charge < -0.3 is 20.3 Å². The summed E-state index contributed by atoms with van der Waals surface area (Å²) in [6.07, 6.45) is 1.52. The van der Waals surface area contributed by atoms with E-state index in [9.17, 15) is 4.79 Å². The average molecular weight is 247 g/mol. The zero-order valence-corrected chi connectivity index (χ0v) is 10.1. The van der Waals surface area contributed by atoms with Gasteiger partial charge in [0, 0.05) is 6.92 Å². The largest absolute Gasteiger partial charge is 0.495 e. The van der Waals surface area contributed by atoms with Crippen LogP contribution in [-0.2, 0) is 4.79 Å². The highest BCUT2D eigenvalue weighted by molar-refractivity contribution is 5.92. The van der Waals surface area contributed by atoms with E-state index in [2.05, 4.69) is 10.5 Å². The van der Waals surface area contributed by atoms with Gasteiger partial charge in [0.25, 0.3) is 0 Å². The van der Waals surface area contributed by atoms with Crippen LogP contribution in [0.1, 0.15) is 6.92 Å². The Morgan fingerprint density at radius 2 is 2.28 bits per heavy atom. The molecule has 6 heteroatoms. The average Bonchev–Trinajstić information content (AvgIpc) is 2.74. The highest BCUT2D eigenvalue weighted by Crippen LogP contribution is 2.32. The first-order chi connectivity index (χ1) is 8.61. The first-order valence-electron chi connectivity index (χ1n) is 5.28. The second-order valence-electron chi connectivity index (χ2n) is 3.70. The summed E-state index contributed by atoms with van der Waals surface area (Å²) in [5.74, 6) is 0.627. The molecule has 1 amide bonds. The number of carbonyl (C=O) groups is 1. The second-order valence-corrected chi connectivity index (χ2v) is 3.70. The molecular weight excluding hydrogens is 234 g/mol. The molecule has 94 valence electrons. The van der Waals surface area contributed by atoms with Crippen LogP contribution in [0.25, 0.3) is 11.1 Å². The highest BCUT2D eigenvalue weighted by Gasteiger charge is 2.11. The molecule has 0 radical (unpaired) electrons.